The summed E-state index contributed by atoms with van der Waals surface area (Å²) in [6.07, 6.45) is 2.52. The van der Waals surface area contributed by atoms with Crippen molar-refractivity contribution in [3.8, 4) is 16.3 Å². The highest BCUT2D eigenvalue weighted by Crippen LogP contribution is 2.32. The quantitative estimate of drug-likeness (QED) is 0.915. The maximum absolute atomic E-state index is 14.1. The van der Waals surface area contributed by atoms with Crippen LogP contribution < -0.4 is 10.1 Å². The summed E-state index contributed by atoms with van der Waals surface area (Å²) in [5, 5.41) is 4.20. The number of rotatable bonds is 5. The van der Waals surface area contributed by atoms with Crippen LogP contribution >= 0.6 is 11.3 Å². The van der Waals surface area contributed by atoms with Crippen LogP contribution in [0.5, 0.6) is 5.75 Å². The zero-order valence-corrected chi connectivity index (χ0v) is 12.4. The lowest BCUT2D eigenvalue weighted by Crippen LogP contribution is -2.14. The van der Waals surface area contributed by atoms with E-state index < -0.39 is 0 Å². The molecule has 2 aromatic rings. The minimum atomic E-state index is -0.292. The molecule has 1 saturated carbocycles. The number of hydrogen-bond acceptors (Lipinski definition) is 4. The van der Waals surface area contributed by atoms with E-state index in [1.165, 1.54) is 30.9 Å². The van der Waals surface area contributed by atoms with Gasteiger partial charge < -0.3 is 10.1 Å². The molecule has 1 N–H and O–H groups in total. The van der Waals surface area contributed by atoms with Crippen LogP contribution in [0.2, 0.25) is 0 Å². The molecule has 0 atom stereocenters. The van der Waals surface area contributed by atoms with E-state index >= 15 is 0 Å². The van der Waals surface area contributed by atoms with Gasteiger partial charge in [0.25, 0.3) is 0 Å². The van der Waals surface area contributed by atoms with Crippen molar-refractivity contribution in [2.24, 2.45) is 0 Å². The lowest BCUT2D eigenvalue weighted by molar-refractivity contribution is 0.411. The summed E-state index contributed by atoms with van der Waals surface area (Å²) in [6, 6.07) is 5.55. The van der Waals surface area contributed by atoms with Gasteiger partial charge in [-0.2, -0.15) is 0 Å². The Morgan fingerprint density at radius 1 is 1.45 bits per heavy atom. The molecule has 1 aromatic heterocycles. The Hall–Kier alpha value is -1.46. The second kappa shape index (κ2) is 5.50. The van der Waals surface area contributed by atoms with Crippen LogP contribution in [0, 0.1) is 12.7 Å². The average Bonchev–Trinajstić information content (AvgIpc) is 3.20. The van der Waals surface area contributed by atoms with Crippen LogP contribution in [-0.2, 0) is 6.54 Å². The molecule has 20 heavy (non-hydrogen) atoms. The largest absolute Gasteiger partial charge is 0.497 e. The Labute approximate surface area is 121 Å². The standard InChI is InChI=1S/C15H17FN2OS/c1-9-14(8-17-10-3-4-10)20-15(18-9)12-6-5-11(19-2)7-13(12)16/h5-7,10,17H,3-4,8H2,1-2H3. The molecule has 0 unspecified atom stereocenters. The van der Waals surface area contributed by atoms with Gasteiger partial charge in [0, 0.05) is 29.1 Å². The molecule has 0 saturated heterocycles. The van der Waals surface area contributed by atoms with Gasteiger partial charge in [-0.05, 0) is 31.9 Å². The third-order valence-electron chi connectivity index (χ3n) is 3.43. The lowest BCUT2D eigenvalue weighted by atomic mass is 10.2. The van der Waals surface area contributed by atoms with Crippen molar-refractivity contribution in [3.63, 3.8) is 0 Å². The summed E-state index contributed by atoms with van der Waals surface area (Å²) in [7, 11) is 1.53. The summed E-state index contributed by atoms with van der Waals surface area (Å²) in [4.78, 5) is 5.68. The van der Waals surface area contributed by atoms with E-state index in [4.69, 9.17) is 4.74 Å². The Morgan fingerprint density at radius 3 is 2.90 bits per heavy atom. The monoisotopic (exact) mass is 292 g/mol. The molecule has 106 valence electrons. The van der Waals surface area contributed by atoms with Crippen molar-refractivity contribution in [1.82, 2.24) is 10.3 Å². The van der Waals surface area contributed by atoms with Crippen LogP contribution in [0.15, 0.2) is 18.2 Å². The fourth-order valence-electron chi connectivity index (χ4n) is 2.03. The fourth-order valence-corrected chi connectivity index (χ4v) is 3.07. The molecule has 1 heterocycles. The van der Waals surface area contributed by atoms with E-state index in [0.29, 0.717) is 17.4 Å². The summed E-state index contributed by atoms with van der Waals surface area (Å²) < 4.78 is 19.1. The molecule has 1 fully saturated rings. The number of hydrogen-bond donors (Lipinski definition) is 1. The SMILES string of the molecule is COc1ccc(-c2nc(C)c(CNC3CC3)s2)c(F)c1. The second-order valence-corrected chi connectivity index (χ2v) is 6.11. The van der Waals surface area contributed by atoms with Gasteiger partial charge in [-0.25, -0.2) is 9.37 Å². The lowest BCUT2D eigenvalue weighted by Gasteiger charge is -2.02. The van der Waals surface area contributed by atoms with E-state index in [9.17, 15) is 4.39 Å². The van der Waals surface area contributed by atoms with Gasteiger partial charge in [-0.3, -0.25) is 0 Å². The highest BCUT2D eigenvalue weighted by molar-refractivity contribution is 7.15. The fraction of sp³-hybridized carbons (Fsp3) is 0.400. The molecule has 0 radical (unpaired) electrons. The summed E-state index contributed by atoms with van der Waals surface area (Å²) in [5.41, 5.74) is 1.52. The minimum absolute atomic E-state index is 0.292. The number of nitrogens with zero attached hydrogens (tertiary/aromatic N) is 1. The highest BCUT2D eigenvalue weighted by Gasteiger charge is 2.21. The van der Waals surface area contributed by atoms with E-state index in [-0.39, 0.29) is 5.82 Å². The minimum Gasteiger partial charge on any atom is -0.497 e. The molecular formula is C15H17FN2OS. The van der Waals surface area contributed by atoms with Gasteiger partial charge in [0.05, 0.1) is 12.8 Å². The number of ether oxygens (including phenoxy) is 1. The second-order valence-electron chi connectivity index (χ2n) is 5.03. The molecule has 0 amide bonds. The van der Waals surface area contributed by atoms with Gasteiger partial charge in [-0.1, -0.05) is 0 Å². The van der Waals surface area contributed by atoms with Crippen LogP contribution in [-0.4, -0.2) is 18.1 Å². The number of halogens is 1. The molecule has 0 aliphatic heterocycles. The third-order valence-corrected chi connectivity index (χ3v) is 4.62. The van der Waals surface area contributed by atoms with Crippen molar-refractivity contribution in [3.05, 3.63) is 34.6 Å². The van der Waals surface area contributed by atoms with Crippen LogP contribution in [0.1, 0.15) is 23.4 Å². The van der Waals surface area contributed by atoms with E-state index in [2.05, 4.69) is 10.3 Å². The highest BCUT2D eigenvalue weighted by atomic mass is 32.1. The first-order chi connectivity index (χ1) is 9.67. The number of benzene rings is 1. The van der Waals surface area contributed by atoms with Crippen molar-refractivity contribution in [2.45, 2.75) is 32.4 Å². The van der Waals surface area contributed by atoms with E-state index in [1.807, 2.05) is 6.92 Å². The summed E-state index contributed by atoms with van der Waals surface area (Å²) in [6.45, 7) is 2.80. The van der Waals surface area contributed by atoms with Crippen molar-refractivity contribution < 1.29 is 9.13 Å². The Balaban J connectivity index is 1.84. The summed E-state index contributed by atoms with van der Waals surface area (Å²) in [5.74, 6) is 0.231. The first-order valence-corrected chi connectivity index (χ1v) is 7.52. The maximum atomic E-state index is 14.1. The van der Waals surface area contributed by atoms with Crippen molar-refractivity contribution in [2.75, 3.05) is 7.11 Å². The van der Waals surface area contributed by atoms with Crippen molar-refractivity contribution in [1.29, 1.82) is 0 Å². The smallest absolute Gasteiger partial charge is 0.137 e. The van der Waals surface area contributed by atoms with Crippen LogP contribution in [0.3, 0.4) is 0 Å². The van der Waals surface area contributed by atoms with Crippen LogP contribution in [0.25, 0.3) is 10.6 Å². The van der Waals surface area contributed by atoms with Gasteiger partial charge in [0.15, 0.2) is 0 Å². The van der Waals surface area contributed by atoms with Gasteiger partial charge in [0.1, 0.15) is 16.6 Å². The first-order valence-electron chi connectivity index (χ1n) is 6.71. The van der Waals surface area contributed by atoms with Gasteiger partial charge in [-0.15, -0.1) is 11.3 Å². The number of nitrogens with one attached hydrogen (secondary N) is 1. The number of thiazole rings is 1. The Bertz CT molecular complexity index is 622. The first kappa shape index (κ1) is 13.5. The molecule has 3 nitrogen and oxygen atoms in total. The number of methoxy groups -OCH3 is 1. The number of aryl methyl sites for hydroxylation is 1. The third kappa shape index (κ3) is 2.83. The predicted molar refractivity (Wildman–Crippen MR) is 78.7 cm³/mol. The average molecular weight is 292 g/mol. The molecule has 0 bridgehead atoms. The topological polar surface area (TPSA) is 34.1 Å². The zero-order chi connectivity index (χ0) is 14.1. The molecule has 3 rings (SSSR count). The normalized spacial score (nSPS) is 14.6. The molecular weight excluding hydrogens is 275 g/mol. The Kier molecular flexibility index (Phi) is 3.72. The number of aromatic nitrogens is 1. The zero-order valence-electron chi connectivity index (χ0n) is 11.6. The molecule has 1 aliphatic carbocycles. The predicted octanol–water partition coefficient (Wildman–Crippen LogP) is 3.52. The maximum Gasteiger partial charge on any atom is 0.137 e. The van der Waals surface area contributed by atoms with E-state index in [0.717, 1.165) is 17.2 Å². The van der Waals surface area contributed by atoms with Crippen molar-refractivity contribution >= 4 is 11.3 Å². The summed E-state index contributed by atoms with van der Waals surface area (Å²) >= 11 is 1.56. The van der Waals surface area contributed by atoms with Crippen LogP contribution in [0.4, 0.5) is 4.39 Å². The molecule has 0 spiro atoms. The van der Waals surface area contributed by atoms with E-state index in [1.54, 1.807) is 23.5 Å². The Morgan fingerprint density at radius 2 is 2.25 bits per heavy atom. The molecule has 1 aromatic carbocycles. The van der Waals surface area contributed by atoms with Gasteiger partial charge >= 0.3 is 0 Å². The molecule has 1 aliphatic rings. The van der Waals surface area contributed by atoms with Gasteiger partial charge in [0.2, 0.25) is 0 Å². The molecule has 5 heteroatoms.